The van der Waals surface area contributed by atoms with Gasteiger partial charge >= 0.3 is 5.97 Å². The lowest BCUT2D eigenvalue weighted by atomic mass is 9.99. The lowest BCUT2D eigenvalue weighted by Crippen LogP contribution is -2.33. The van der Waals surface area contributed by atoms with Gasteiger partial charge in [0.05, 0.1) is 12.1 Å². The summed E-state index contributed by atoms with van der Waals surface area (Å²) in [6.45, 7) is 10.4. The van der Waals surface area contributed by atoms with E-state index in [0.29, 0.717) is 12.1 Å². The van der Waals surface area contributed by atoms with E-state index in [-0.39, 0.29) is 18.0 Å². The first kappa shape index (κ1) is 24.2. The van der Waals surface area contributed by atoms with E-state index in [1.165, 1.54) is 0 Å². The number of esters is 1. The molecule has 3 aromatic rings. The number of amides is 1. The number of benzene rings is 3. The van der Waals surface area contributed by atoms with Crippen LogP contribution in [0.1, 0.15) is 52.6 Å². The summed E-state index contributed by atoms with van der Waals surface area (Å²) in [5, 5.41) is 3.00. The summed E-state index contributed by atoms with van der Waals surface area (Å²) in [5.41, 5.74) is 5.82. The number of rotatable bonds is 6. The van der Waals surface area contributed by atoms with Crippen molar-refractivity contribution in [1.29, 1.82) is 0 Å². The third kappa shape index (κ3) is 6.08. The van der Waals surface area contributed by atoms with Crippen LogP contribution in [-0.4, -0.2) is 36.4 Å². The van der Waals surface area contributed by atoms with Gasteiger partial charge in [0.2, 0.25) is 5.91 Å². The molecule has 3 aromatic carbocycles. The van der Waals surface area contributed by atoms with Crippen LogP contribution in [0.5, 0.6) is 0 Å². The normalized spacial score (nSPS) is 14.2. The number of likely N-dealkylation sites (N-methyl/N-ethyl adjacent to an activating group) is 1. The van der Waals surface area contributed by atoms with E-state index in [9.17, 15) is 9.59 Å². The molecule has 33 heavy (non-hydrogen) atoms. The third-order valence-electron chi connectivity index (χ3n) is 5.80. The Labute approximate surface area is 196 Å². The molecule has 0 fully saturated rings. The average molecular weight is 445 g/mol. The monoisotopic (exact) mass is 444 g/mol. The minimum atomic E-state index is -0.245. The average Bonchev–Trinajstić information content (AvgIpc) is 3.18. The fraction of sp³-hybridized carbons (Fsp3) is 0.286. The Morgan fingerprint density at radius 3 is 2.12 bits per heavy atom. The van der Waals surface area contributed by atoms with E-state index >= 15 is 0 Å². The van der Waals surface area contributed by atoms with Crippen molar-refractivity contribution in [2.45, 2.75) is 33.8 Å². The molecular formula is C28H32N2O3. The minimum Gasteiger partial charge on any atom is -0.449 e. The molecule has 1 aliphatic heterocycles. The molecule has 5 nitrogen and oxygen atoms in total. The van der Waals surface area contributed by atoms with Crippen molar-refractivity contribution < 1.29 is 14.3 Å². The van der Waals surface area contributed by atoms with Gasteiger partial charge in [-0.25, -0.2) is 4.79 Å². The van der Waals surface area contributed by atoms with Gasteiger partial charge in [0.15, 0.2) is 6.10 Å². The first-order valence-electron chi connectivity index (χ1n) is 11.4. The SMILES string of the molecule is CCN(CC)CC(=O)Nc1c(C)cccc1C.O=C1OC(c2ccccc2)c2ccccc21. The third-order valence-corrected chi connectivity index (χ3v) is 5.80. The summed E-state index contributed by atoms with van der Waals surface area (Å²) < 4.78 is 5.38. The Bertz CT molecular complexity index is 1070. The highest BCUT2D eigenvalue weighted by Gasteiger charge is 2.31. The van der Waals surface area contributed by atoms with Crippen molar-refractivity contribution in [2.24, 2.45) is 0 Å². The highest BCUT2D eigenvalue weighted by molar-refractivity contribution is 5.94. The number of hydrogen-bond acceptors (Lipinski definition) is 4. The van der Waals surface area contributed by atoms with Crippen molar-refractivity contribution >= 4 is 17.6 Å². The zero-order valence-corrected chi connectivity index (χ0v) is 19.8. The Hall–Kier alpha value is -3.44. The topological polar surface area (TPSA) is 58.6 Å². The molecule has 0 spiro atoms. The molecule has 0 radical (unpaired) electrons. The van der Waals surface area contributed by atoms with E-state index in [1.54, 1.807) is 6.07 Å². The van der Waals surface area contributed by atoms with Crippen LogP contribution in [0.15, 0.2) is 72.8 Å². The van der Waals surface area contributed by atoms with Crippen LogP contribution >= 0.6 is 0 Å². The summed E-state index contributed by atoms with van der Waals surface area (Å²) >= 11 is 0. The van der Waals surface area contributed by atoms with Crippen molar-refractivity contribution in [2.75, 3.05) is 25.0 Å². The highest BCUT2D eigenvalue weighted by Crippen LogP contribution is 2.35. The van der Waals surface area contributed by atoms with Gasteiger partial charge in [0.1, 0.15) is 0 Å². The summed E-state index contributed by atoms with van der Waals surface area (Å²) in [6, 6.07) is 23.4. The lowest BCUT2D eigenvalue weighted by molar-refractivity contribution is -0.117. The van der Waals surface area contributed by atoms with Gasteiger partial charge in [0, 0.05) is 11.3 Å². The number of anilines is 1. The second kappa shape index (κ2) is 11.4. The molecule has 1 unspecified atom stereocenters. The van der Waals surface area contributed by atoms with Crippen LogP contribution in [-0.2, 0) is 9.53 Å². The second-order valence-corrected chi connectivity index (χ2v) is 8.06. The number of nitrogens with zero attached hydrogens (tertiary/aromatic N) is 1. The second-order valence-electron chi connectivity index (χ2n) is 8.06. The number of aryl methyl sites for hydroxylation is 2. The molecular weight excluding hydrogens is 412 g/mol. The number of nitrogens with one attached hydrogen (secondary N) is 1. The maximum Gasteiger partial charge on any atom is 0.339 e. The molecule has 5 heteroatoms. The van der Waals surface area contributed by atoms with E-state index in [0.717, 1.165) is 41.0 Å². The standard InChI is InChI=1S/C14H22N2O.C14H10O2/c1-5-16(6-2)10-13(17)15-14-11(3)8-7-9-12(14)4;15-14-12-9-5-4-8-11(12)13(16-14)10-6-2-1-3-7-10/h7-9H,5-6,10H2,1-4H3,(H,15,17);1-9,13H. The van der Waals surface area contributed by atoms with E-state index in [1.807, 2.05) is 80.6 Å². The first-order valence-corrected chi connectivity index (χ1v) is 11.4. The zero-order chi connectivity index (χ0) is 23.8. The summed E-state index contributed by atoms with van der Waals surface area (Å²) in [6.07, 6.45) is -0.245. The number of ether oxygens (including phenoxy) is 1. The van der Waals surface area contributed by atoms with Crippen LogP contribution < -0.4 is 5.32 Å². The largest absolute Gasteiger partial charge is 0.449 e. The van der Waals surface area contributed by atoms with Crippen molar-refractivity contribution in [3.63, 3.8) is 0 Å². The molecule has 1 heterocycles. The molecule has 0 aliphatic carbocycles. The highest BCUT2D eigenvalue weighted by atomic mass is 16.5. The molecule has 1 atom stereocenters. The van der Waals surface area contributed by atoms with Gasteiger partial charge in [-0.15, -0.1) is 0 Å². The Balaban J connectivity index is 0.000000186. The number of carbonyl (C=O) groups excluding carboxylic acids is 2. The number of fused-ring (bicyclic) bond motifs is 1. The summed E-state index contributed by atoms with van der Waals surface area (Å²) in [4.78, 5) is 25.6. The Kier molecular flexibility index (Phi) is 8.39. The van der Waals surface area contributed by atoms with Gasteiger partial charge in [-0.2, -0.15) is 0 Å². The number of para-hydroxylation sites is 1. The summed E-state index contributed by atoms with van der Waals surface area (Å²) in [5.74, 6) is -0.171. The van der Waals surface area contributed by atoms with Gasteiger partial charge < -0.3 is 10.1 Å². The van der Waals surface area contributed by atoms with E-state index in [2.05, 4.69) is 24.1 Å². The molecule has 0 saturated heterocycles. The quantitative estimate of drug-likeness (QED) is 0.508. The maximum atomic E-state index is 11.9. The van der Waals surface area contributed by atoms with Crippen LogP contribution in [0.2, 0.25) is 0 Å². The van der Waals surface area contributed by atoms with E-state index < -0.39 is 0 Å². The van der Waals surface area contributed by atoms with Crippen LogP contribution in [0.3, 0.4) is 0 Å². The van der Waals surface area contributed by atoms with Crippen LogP contribution in [0.4, 0.5) is 5.69 Å². The molecule has 1 aliphatic rings. The Morgan fingerprint density at radius 2 is 1.48 bits per heavy atom. The fourth-order valence-electron chi connectivity index (χ4n) is 3.86. The Morgan fingerprint density at radius 1 is 0.879 bits per heavy atom. The molecule has 0 bridgehead atoms. The molecule has 1 amide bonds. The van der Waals surface area contributed by atoms with Gasteiger partial charge in [0.25, 0.3) is 0 Å². The first-order chi connectivity index (χ1) is 15.9. The van der Waals surface area contributed by atoms with Crippen molar-refractivity contribution in [1.82, 2.24) is 4.90 Å². The van der Waals surface area contributed by atoms with Gasteiger partial charge in [-0.3, -0.25) is 9.69 Å². The number of cyclic esters (lactones) is 1. The fourth-order valence-corrected chi connectivity index (χ4v) is 3.86. The molecule has 0 saturated carbocycles. The molecule has 1 N–H and O–H groups in total. The van der Waals surface area contributed by atoms with Gasteiger partial charge in [-0.05, 0) is 49.7 Å². The molecule has 4 rings (SSSR count). The van der Waals surface area contributed by atoms with Gasteiger partial charge in [-0.1, -0.05) is 80.6 Å². The molecule has 0 aromatic heterocycles. The predicted octanol–water partition coefficient (Wildman–Crippen LogP) is 5.53. The number of carbonyl (C=O) groups is 2. The molecule has 172 valence electrons. The minimum absolute atomic E-state index is 0.0612. The van der Waals surface area contributed by atoms with Crippen molar-refractivity contribution in [3.8, 4) is 0 Å². The smallest absolute Gasteiger partial charge is 0.339 e. The number of hydrogen-bond donors (Lipinski definition) is 1. The van der Waals surface area contributed by atoms with E-state index in [4.69, 9.17) is 4.74 Å². The van der Waals surface area contributed by atoms with Crippen molar-refractivity contribution in [3.05, 3.63) is 101 Å². The predicted molar refractivity (Wildman–Crippen MR) is 132 cm³/mol. The zero-order valence-electron chi connectivity index (χ0n) is 19.8. The maximum absolute atomic E-state index is 11.9. The van der Waals surface area contributed by atoms with Crippen LogP contribution in [0.25, 0.3) is 0 Å². The lowest BCUT2D eigenvalue weighted by Gasteiger charge is -2.18. The summed E-state index contributed by atoms with van der Waals surface area (Å²) in [7, 11) is 0. The van der Waals surface area contributed by atoms with Crippen LogP contribution in [0, 0.1) is 13.8 Å².